The molecule has 1 rings (SSSR count). The van der Waals surface area contributed by atoms with Crippen molar-refractivity contribution >= 4 is 11.9 Å². The van der Waals surface area contributed by atoms with Crippen molar-refractivity contribution in [2.75, 3.05) is 0 Å². The predicted octanol–water partition coefficient (Wildman–Crippen LogP) is 1.49. The van der Waals surface area contributed by atoms with Crippen LogP contribution >= 0.6 is 0 Å². The molecule has 0 aliphatic heterocycles. The Labute approximate surface area is 84.0 Å². The first-order valence-corrected chi connectivity index (χ1v) is 4.79. The summed E-state index contributed by atoms with van der Waals surface area (Å²) in [5.74, 6) is 0.133. The summed E-state index contributed by atoms with van der Waals surface area (Å²) in [6.45, 7) is 6.97. The molecule has 0 radical (unpaired) electrons. The normalized spacial score (nSPS) is 25.4. The number of ether oxygens (including phenoxy) is 1. The van der Waals surface area contributed by atoms with Gasteiger partial charge in [-0.3, -0.25) is 4.79 Å². The third kappa shape index (κ3) is 3.36. The molecule has 0 aromatic heterocycles. The van der Waals surface area contributed by atoms with E-state index in [4.69, 9.17) is 4.74 Å². The Bertz CT molecular complexity index is 255. The van der Waals surface area contributed by atoms with Crippen LogP contribution in [0.3, 0.4) is 0 Å². The zero-order valence-electron chi connectivity index (χ0n) is 9.09. The van der Waals surface area contributed by atoms with E-state index in [-0.39, 0.29) is 17.7 Å². The van der Waals surface area contributed by atoms with Gasteiger partial charge in [0.1, 0.15) is 11.4 Å². The molecule has 1 aliphatic rings. The van der Waals surface area contributed by atoms with Gasteiger partial charge >= 0.3 is 6.09 Å². The summed E-state index contributed by atoms with van der Waals surface area (Å²) >= 11 is 0. The number of hydrogen-bond acceptors (Lipinski definition) is 3. The topological polar surface area (TPSA) is 55.4 Å². The monoisotopic (exact) mass is 199 g/mol. The lowest BCUT2D eigenvalue weighted by atomic mass is 10.2. The Balaban J connectivity index is 2.27. The lowest BCUT2D eigenvalue weighted by Gasteiger charge is -2.19. The molecule has 0 spiro atoms. The van der Waals surface area contributed by atoms with Crippen molar-refractivity contribution in [3.63, 3.8) is 0 Å². The molecule has 80 valence electrons. The SMILES string of the molecule is CC(=O)C1CC1NC(=O)OC(C)(C)C. The summed E-state index contributed by atoms with van der Waals surface area (Å²) in [4.78, 5) is 22.1. The van der Waals surface area contributed by atoms with Crippen molar-refractivity contribution in [2.24, 2.45) is 5.92 Å². The van der Waals surface area contributed by atoms with Crippen molar-refractivity contribution in [3.8, 4) is 0 Å². The first kappa shape index (κ1) is 11.0. The zero-order valence-corrected chi connectivity index (χ0v) is 9.09. The quantitative estimate of drug-likeness (QED) is 0.733. The van der Waals surface area contributed by atoms with E-state index in [1.165, 1.54) is 0 Å². The Morgan fingerprint density at radius 3 is 2.29 bits per heavy atom. The zero-order chi connectivity index (χ0) is 10.9. The molecule has 1 fully saturated rings. The van der Waals surface area contributed by atoms with Crippen molar-refractivity contribution in [3.05, 3.63) is 0 Å². The van der Waals surface area contributed by atoms with Gasteiger partial charge in [0.25, 0.3) is 0 Å². The second-order valence-corrected chi connectivity index (χ2v) is 4.71. The molecule has 1 aliphatic carbocycles. The largest absolute Gasteiger partial charge is 0.444 e. The number of rotatable bonds is 2. The molecule has 0 saturated heterocycles. The van der Waals surface area contributed by atoms with Crippen molar-refractivity contribution < 1.29 is 14.3 Å². The van der Waals surface area contributed by atoms with Crippen LogP contribution in [0.2, 0.25) is 0 Å². The molecule has 0 aromatic carbocycles. The molecule has 14 heavy (non-hydrogen) atoms. The minimum absolute atomic E-state index is 0.00233. The number of carbonyl (C=O) groups is 2. The number of nitrogens with one attached hydrogen (secondary N) is 1. The van der Waals surface area contributed by atoms with Crippen LogP contribution in [0.5, 0.6) is 0 Å². The minimum atomic E-state index is -0.481. The smallest absolute Gasteiger partial charge is 0.407 e. The highest BCUT2D eigenvalue weighted by molar-refractivity contribution is 5.83. The van der Waals surface area contributed by atoms with Crippen LogP contribution in [0.25, 0.3) is 0 Å². The summed E-state index contributed by atoms with van der Waals surface area (Å²) in [7, 11) is 0. The number of carbonyl (C=O) groups excluding carboxylic acids is 2. The summed E-state index contributed by atoms with van der Waals surface area (Å²) in [5, 5.41) is 2.66. The van der Waals surface area contributed by atoms with E-state index < -0.39 is 11.7 Å². The third-order valence-corrected chi connectivity index (χ3v) is 2.01. The van der Waals surface area contributed by atoms with E-state index in [0.29, 0.717) is 0 Å². The van der Waals surface area contributed by atoms with Crippen LogP contribution in [0, 0.1) is 5.92 Å². The highest BCUT2D eigenvalue weighted by Gasteiger charge is 2.42. The third-order valence-electron chi connectivity index (χ3n) is 2.01. The number of ketones is 1. The molecule has 4 heteroatoms. The highest BCUT2D eigenvalue weighted by Crippen LogP contribution is 2.31. The summed E-state index contributed by atoms with van der Waals surface area (Å²) in [5.41, 5.74) is -0.481. The predicted molar refractivity (Wildman–Crippen MR) is 51.9 cm³/mol. The summed E-state index contributed by atoms with van der Waals surface area (Å²) in [6, 6.07) is -0.0117. The van der Waals surface area contributed by atoms with Gasteiger partial charge in [0, 0.05) is 12.0 Å². The van der Waals surface area contributed by atoms with Gasteiger partial charge in [-0.2, -0.15) is 0 Å². The lowest BCUT2D eigenvalue weighted by molar-refractivity contribution is -0.118. The fourth-order valence-electron chi connectivity index (χ4n) is 1.26. The lowest BCUT2D eigenvalue weighted by Crippen LogP contribution is -2.34. The van der Waals surface area contributed by atoms with Gasteiger partial charge < -0.3 is 10.1 Å². The van der Waals surface area contributed by atoms with Crippen LogP contribution in [-0.4, -0.2) is 23.5 Å². The van der Waals surface area contributed by atoms with Crippen molar-refractivity contribution in [1.29, 1.82) is 0 Å². The number of hydrogen-bond donors (Lipinski definition) is 1. The van der Waals surface area contributed by atoms with Crippen LogP contribution in [0.1, 0.15) is 34.1 Å². The molecular formula is C10H17NO3. The fraction of sp³-hybridized carbons (Fsp3) is 0.800. The van der Waals surface area contributed by atoms with E-state index >= 15 is 0 Å². The van der Waals surface area contributed by atoms with Gasteiger partial charge in [-0.15, -0.1) is 0 Å². The molecular weight excluding hydrogens is 182 g/mol. The van der Waals surface area contributed by atoms with E-state index in [1.54, 1.807) is 6.92 Å². The Kier molecular flexibility index (Phi) is 2.83. The Morgan fingerprint density at radius 2 is 1.93 bits per heavy atom. The Hall–Kier alpha value is -1.06. The molecule has 2 unspecified atom stereocenters. The molecule has 0 aromatic rings. The maximum absolute atomic E-state index is 11.2. The Morgan fingerprint density at radius 1 is 1.36 bits per heavy atom. The van der Waals surface area contributed by atoms with Gasteiger partial charge in [0.15, 0.2) is 0 Å². The van der Waals surface area contributed by atoms with Gasteiger partial charge in [-0.1, -0.05) is 0 Å². The van der Waals surface area contributed by atoms with Crippen LogP contribution in [-0.2, 0) is 9.53 Å². The number of Topliss-reactive ketones (excluding diaryl/α,β-unsaturated/α-hetero) is 1. The molecule has 1 saturated carbocycles. The maximum Gasteiger partial charge on any atom is 0.407 e. The average Bonchev–Trinajstić information content (AvgIpc) is 2.61. The second kappa shape index (κ2) is 3.59. The number of alkyl carbamates (subject to hydrolysis) is 1. The van der Waals surface area contributed by atoms with Crippen molar-refractivity contribution in [2.45, 2.75) is 45.8 Å². The van der Waals surface area contributed by atoms with E-state index in [0.717, 1.165) is 6.42 Å². The number of amides is 1. The van der Waals surface area contributed by atoms with Crippen LogP contribution in [0.15, 0.2) is 0 Å². The van der Waals surface area contributed by atoms with E-state index in [2.05, 4.69) is 5.32 Å². The van der Waals surface area contributed by atoms with Crippen LogP contribution < -0.4 is 5.32 Å². The minimum Gasteiger partial charge on any atom is -0.444 e. The van der Waals surface area contributed by atoms with Gasteiger partial charge in [-0.05, 0) is 34.1 Å². The molecule has 0 bridgehead atoms. The standard InChI is InChI=1S/C10H17NO3/c1-6(12)7-5-8(7)11-9(13)14-10(2,3)4/h7-8H,5H2,1-4H3,(H,11,13). The average molecular weight is 199 g/mol. The summed E-state index contributed by atoms with van der Waals surface area (Å²) < 4.78 is 5.06. The van der Waals surface area contributed by atoms with Gasteiger partial charge in [0.2, 0.25) is 0 Å². The molecule has 1 N–H and O–H groups in total. The highest BCUT2D eigenvalue weighted by atomic mass is 16.6. The van der Waals surface area contributed by atoms with E-state index in [1.807, 2.05) is 20.8 Å². The van der Waals surface area contributed by atoms with Crippen LogP contribution in [0.4, 0.5) is 4.79 Å². The maximum atomic E-state index is 11.2. The van der Waals surface area contributed by atoms with Gasteiger partial charge in [0.05, 0.1) is 0 Å². The summed E-state index contributed by atoms with van der Waals surface area (Å²) in [6.07, 6.45) is 0.306. The molecule has 2 atom stereocenters. The van der Waals surface area contributed by atoms with Gasteiger partial charge in [-0.25, -0.2) is 4.79 Å². The second-order valence-electron chi connectivity index (χ2n) is 4.71. The molecule has 0 heterocycles. The fourth-order valence-corrected chi connectivity index (χ4v) is 1.26. The van der Waals surface area contributed by atoms with E-state index in [9.17, 15) is 9.59 Å². The first-order valence-electron chi connectivity index (χ1n) is 4.79. The van der Waals surface area contributed by atoms with Crippen molar-refractivity contribution in [1.82, 2.24) is 5.32 Å². The molecule has 1 amide bonds. The molecule has 4 nitrogen and oxygen atoms in total. The first-order chi connectivity index (χ1) is 6.29.